The van der Waals surface area contributed by atoms with Crippen LogP contribution in [-0.4, -0.2) is 166 Å². The number of nitrogens with one attached hydrogen (secondary N) is 6. The van der Waals surface area contributed by atoms with Crippen molar-refractivity contribution >= 4 is 70.5 Å². The summed E-state index contributed by atoms with van der Waals surface area (Å²) in [5.41, 5.74) is 10.0. The zero-order chi connectivity index (χ0) is 50.7. The van der Waals surface area contributed by atoms with Gasteiger partial charge in [0.25, 0.3) is 0 Å². The molecule has 70 heavy (non-hydrogen) atoms. The van der Waals surface area contributed by atoms with Crippen molar-refractivity contribution < 1.29 is 48.4 Å². The van der Waals surface area contributed by atoms with E-state index in [-0.39, 0.29) is 72.2 Å². The normalized spacial score (nSPS) is 19.2. The van der Waals surface area contributed by atoms with Crippen LogP contribution < -0.4 is 42.1 Å². The summed E-state index contributed by atoms with van der Waals surface area (Å²) < 4.78 is 30.8. The number of hydrogen-bond acceptors (Lipinski definition) is 16. The predicted octanol–water partition coefficient (Wildman–Crippen LogP) is 4.14. The van der Waals surface area contributed by atoms with Gasteiger partial charge in [-0.1, -0.05) is 51.4 Å². The Balaban J connectivity index is 0.000000261. The van der Waals surface area contributed by atoms with E-state index >= 15 is 8.78 Å². The van der Waals surface area contributed by atoms with E-state index in [0.29, 0.717) is 63.9 Å². The highest BCUT2D eigenvalue weighted by Gasteiger charge is 2.34. The Hall–Kier alpha value is -4.88. The number of anilines is 4. The number of hydrogen-bond donors (Lipinski definition) is 10. The number of nitrogens with zero attached hydrogens (tertiary/aromatic N) is 8. The van der Waals surface area contributed by atoms with E-state index in [4.69, 9.17) is 43.6 Å². The maximum atomic E-state index is 15.4. The third-order valence-corrected chi connectivity index (χ3v) is 13.8. The standard InChI is InChI=1S/2C22H35ClFN7O4/c2*1-30(9-10-32)13-16-7-4-8-31(16)19-17(24)18(26-21(23)27-19)28-29-20(33)15(12-25-22(34)35)11-14-5-2-3-6-14/h2*14-16,25,32H,2-13H2,1H3,(H,29,33)(H,34,35)(H,26,27,28)/t2*15-,16+/m11/s1. The van der Waals surface area contributed by atoms with Crippen LogP contribution >= 0.6 is 23.2 Å². The quantitative estimate of drug-likeness (QED) is 0.0522. The second-order valence-corrected chi connectivity index (χ2v) is 19.4. The minimum Gasteiger partial charge on any atom is -0.465 e. The van der Waals surface area contributed by atoms with Crippen molar-refractivity contribution in [1.82, 2.24) is 51.2 Å². The molecule has 0 spiro atoms. The summed E-state index contributed by atoms with van der Waals surface area (Å²) in [6, 6.07) is -0.0142. The first kappa shape index (κ1) is 56.0. The van der Waals surface area contributed by atoms with Gasteiger partial charge in [-0.25, -0.2) is 9.59 Å². The van der Waals surface area contributed by atoms with E-state index in [0.717, 1.165) is 77.0 Å². The molecule has 22 nitrogen and oxygen atoms in total. The van der Waals surface area contributed by atoms with Gasteiger partial charge < -0.3 is 50.7 Å². The number of rotatable bonds is 24. The molecule has 0 bridgehead atoms. The topological polar surface area (TPSA) is 286 Å². The lowest BCUT2D eigenvalue weighted by molar-refractivity contribution is -0.125. The highest BCUT2D eigenvalue weighted by molar-refractivity contribution is 6.28. The summed E-state index contributed by atoms with van der Waals surface area (Å²) in [5.74, 6) is -3.28. The Morgan fingerprint density at radius 1 is 0.629 bits per heavy atom. The number of amides is 4. The van der Waals surface area contributed by atoms with Crippen LogP contribution in [0.5, 0.6) is 0 Å². The lowest BCUT2D eigenvalue weighted by Gasteiger charge is -2.29. The largest absolute Gasteiger partial charge is 0.465 e. The summed E-state index contributed by atoms with van der Waals surface area (Å²) >= 11 is 12.2. The summed E-state index contributed by atoms with van der Waals surface area (Å²) in [4.78, 5) is 71.2. The van der Waals surface area contributed by atoms with E-state index < -0.39 is 47.5 Å². The van der Waals surface area contributed by atoms with Gasteiger partial charge in [0.15, 0.2) is 23.3 Å². The van der Waals surface area contributed by atoms with Gasteiger partial charge >= 0.3 is 12.2 Å². The number of halogens is 4. The third-order valence-electron chi connectivity index (χ3n) is 13.5. The second kappa shape index (κ2) is 28.2. The molecule has 4 amide bonds. The molecule has 0 unspecified atom stereocenters. The van der Waals surface area contributed by atoms with E-state index in [1.54, 1.807) is 0 Å². The fourth-order valence-corrected chi connectivity index (χ4v) is 10.3. The van der Waals surface area contributed by atoms with E-state index in [2.05, 4.69) is 52.3 Å². The smallest absolute Gasteiger partial charge is 0.404 e. The SMILES string of the molecule is CN(CCO)C[C@@H]1CCCN1c1nc(Cl)nc(NNC(=O)[C@@H](CNC(=O)O)CC2CCCC2)c1F.CN(CCO)C[C@@H]1CCCN1c1nc(Cl)nc(NNC(=O)[C@@H](CNC(=O)O)CC2CCCC2)c1F. The molecule has 0 radical (unpaired) electrons. The van der Waals surface area contributed by atoms with Crippen LogP contribution in [-0.2, 0) is 9.59 Å². The molecule has 2 saturated heterocycles. The van der Waals surface area contributed by atoms with Crippen LogP contribution in [0.25, 0.3) is 0 Å². The Morgan fingerprint density at radius 3 is 1.34 bits per heavy atom. The molecule has 2 aromatic heterocycles. The number of aromatic nitrogens is 4. The van der Waals surface area contributed by atoms with Crippen LogP contribution in [0.1, 0.15) is 89.9 Å². The zero-order valence-electron chi connectivity index (χ0n) is 39.9. The highest BCUT2D eigenvalue weighted by atomic mass is 35.5. The molecule has 4 atom stereocenters. The fourth-order valence-electron chi connectivity index (χ4n) is 9.95. The van der Waals surface area contributed by atoms with Gasteiger partial charge in [0, 0.05) is 64.4 Å². The van der Waals surface area contributed by atoms with Crippen LogP contribution in [0.2, 0.25) is 10.6 Å². The molecular weight excluding hydrogens is 961 g/mol. The monoisotopic (exact) mass is 1030 g/mol. The van der Waals surface area contributed by atoms with Crippen LogP contribution in [0.15, 0.2) is 0 Å². The summed E-state index contributed by atoms with van der Waals surface area (Å²) in [7, 11) is 3.78. The maximum absolute atomic E-state index is 15.4. The van der Waals surface area contributed by atoms with Crippen molar-refractivity contribution in [3.8, 4) is 0 Å². The molecule has 4 aliphatic rings. The first-order valence-corrected chi connectivity index (χ1v) is 25.0. The van der Waals surface area contributed by atoms with Gasteiger partial charge in [0.05, 0.1) is 25.0 Å². The van der Waals surface area contributed by atoms with Crippen LogP contribution in [0, 0.1) is 35.3 Å². The minimum atomic E-state index is -1.20. The van der Waals surface area contributed by atoms with E-state index in [1.165, 1.54) is 0 Å². The van der Waals surface area contributed by atoms with E-state index in [1.807, 2.05) is 33.7 Å². The first-order chi connectivity index (χ1) is 33.6. The summed E-state index contributed by atoms with van der Waals surface area (Å²) in [5, 5.41) is 40.5. The average molecular weight is 1030 g/mol. The Bertz CT molecular complexity index is 1890. The molecule has 2 aliphatic heterocycles. The molecule has 10 N–H and O–H groups in total. The minimum absolute atomic E-state index is 0.00709. The van der Waals surface area contributed by atoms with Gasteiger partial charge in [-0.3, -0.25) is 31.3 Å². The van der Waals surface area contributed by atoms with Crippen LogP contribution in [0.4, 0.5) is 41.6 Å². The van der Waals surface area contributed by atoms with Crippen molar-refractivity contribution in [2.75, 3.05) is 100 Å². The molecule has 2 aliphatic carbocycles. The van der Waals surface area contributed by atoms with Crippen molar-refractivity contribution in [1.29, 1.82) is 0 Å². The molecule has 4 heterocycles. The summed E-state index contributed by atoms with van der Waals surface area (Å²) in [6.45, 7) is 3.46. The Morgan fingerprint density at radius 2 is 1.00 bits per heavy atom. The molecule has 392 valence electrons. The number of carbonyl (C=O) groups is 4. The molecular formula is C44H70Cl2F2N14O8. The number of likely N-dealkylation sites (N-methyl/N-ethyl adjacent to an activating group) is 2. The van der Waals surface area contributed by atoms with Gasteiger partial charge in [0.2, 0.25) is 34.0 Å². The Kier molecular flexibility index (Phi) is 22.6. The van der Waals surface area contributed by atoms with Gasteiger partial charge in [0.1, 0.15) is 0 Å². The number of carboxylic acid groups (broad SMARTS) is 2. The van der Waals surface area contributed by atoms with Gasteiger partial charge in [-0.2, -0.15) is 28.7 Å². The maximum Gasteiger partial charge on any atom is 0.404 e. The first-order valence-electron chi connectivity index (χ1n) is 24.2. The molecule has 0 aromatic carbocycles. The average Bonchev–Trinajstić information content (AvgIpc) is 4.17. The number of aliphatic hydroxyl groups is 2. The highest BCUT2D eigenvalue weighted by Crippen LogP contribution is 2.34. The fraction of sp³-hybridized carbons (Fsp3) is 0.727. The van der Waals surface area contributed by atoms with Crippen molar-refractivity contribution in [3.05, 3.63) is 22.2 Å². The van der Waals surface area contributed by atoms with Crippen LogP contribution in [0.3, 0.4) is 0 Å². The van der Waals surface area contributed by atoms with E-state index in [9.17, 15) is 19.2 Å². The van der Waals surface area contributed by atoms with Gasteiger partial charge in [-0.05, 0) is 87.7 Å². The van der Waals surface area contributed by atoms with Crippen molar-refractivity contribution in [3.63, 3.8) is 0 Å². The number of carbonyl (C=O) groups excluding carboxylic acids is 2. The van der Waals surface area contributed by atoms with Crippen molar-refractivity contribution in [2.24, 2.45) is 23.7 Å². The third kappa shape index (κ3) is 17.2. The molecule has 2 saturated carbocycles. The zero-order valence-corrected chi connectivity index (χ0v) is 41.5. The molecule has 6 rings (SSSR count). The predicted molar refractivity (Wildman–Crippen MR) is 260 cm³/mol. The van der Waals surface area contributed by atoms with Gasteiger partial charge in [-0.15, -0.1) is 0 Å². The lowest BCUT2D eigenvalue weighted by atomic mass is 9.92. The Labute approximate surface area is 417 Å². The molecule has 4 fully saturated rings. The second-order valence-electron chi connectivity index (χ2n) is 18.7. The number of aliphatic hydroxyl groups excluding tert-OH is 2. The molecule has 2 aromatic rings. The summed E-state index contributed by atoms with van der Waals surface area (Å²) in [6.07, 6.45) is 10.5. The van der Waals surface area contributed by atoms with Crippen molar-refractivity contribution in [2.45, 2.75) is 102 Å². The number of hydrazine groups is 2. The molecule has 26 heteroatoms. The lowest BCUT2D eigenvalue weighted by Crippen LogP contribution is -2.42.